The number of carbonyl (C=O) groups excluding carboxylic acids is 4. The third-order valence-electron chi connectivity index (χ3n) is 17.9. The van der Waals surface area contributed by atoms with E-state index in [1.54, 1.807) is 0 Å². The van der Waals surface area contributed by atoms with Gasteiger partial charge in [0.1, 0.15) is 19.3 Å². The molecule has 0 spiro atoms. The van der Waals surface area contributed by atoms with E-state index in [0.29, 0.717) is 25.7 Å². The van der Waals surface area contributed by atoms with Crippen molar-refractivity contribution in [2.75, 3.05) is 39.6 Å². The van der Waals surface area contributed by atoms with Crippen LogP contribution in [0.4, 0.5) is 0 Å². The van der Waals surface area contributed by atoms with Crippen LogP contribution in [0.5, 0.6) is 0 Å². The number of unbranched alkanes of at least 4 members (excludes halogenated alkanes) is 43. The van der Waals surface area contributed by atoms with Crippen molar-refractivity contribution in [3.63, 3.8) is 0 Å². The first-order valence-corrected chi connectivity index (χ1v) is 42.8. The first-order valence-electron chi connectivity index (χ1n) is 39.8. The maximum absolute atomic E-state index is 13.1. The van der Waals surface area contributed by atoms with Crippen LogP contribution in [0.2, 0.25) is 0 Å². The highest BCUT2D eigenvalue weighted by atomic mass is 31.2. The summed E-state index contributed by atoms with van der Waals surface area (Å²) in [5.74, 6) is 0.227. The van der Waals surface area contributed by atoms with Crippen molar-refractivity contribution in [2.24, 2.45) is 17.8 Å². The SMILES string of the molecule is CCCCCCCCCCCCC(=O)OC[C@H](COP(=O)(O)OC[C@H](O)COP(=O)(O)OC[C@@H](COC(=O)CCCCCCCCCCCCCCC(C)C)OC(=O)CCCCCCCCCCCCCCCCC(C)C)OC(=O)CCCCCCCCCCCCCC(C)C. The monoisotopic (exact) mass is 1410 g/mol. The molecule has 96 heavy (non-hydrogen) atoms. The molecule has 0 fully saturated rings. The number of aliphatic hydroxyl groups excluding tert-OH is 1. The van der Waals surface area contributed by atoms with E-state index >= 15 is 0 Å². The number of phosphoric ester groups is 2. The summed E-state index contributed by atoms with van der Waals surface area (Å²) in [6.45, 7) is 11.9. The number of aliphatic hydroxyl groups is 1. The predicted octanol–water partition coefficient (Wildman–Crippen LogP) is 22.6. The lowest BCUT2D eigenvalue weighted by Crippen LogP contribution is -2.30. The number of ether oxygens (including phenoxy) is 4. The molecule has 0 saturated heterocycles. The second-order valence-electron chi connectivity index (χ2n) is 29.2. The van der Waals surface area contributed by atoms with E-state index in [4.69, 9.17) is 37.0 Å². The molecular formula is C77H150O17P2. The van der Waals surface area contributed by atoms with E-state index in [1.807, 2.05) is 0 Å². The average Bonchev–Trinajstić information content (AvgIpc) is 1.65. The fraction of sp³-hybridized carbons (Fsp3) is 0.948. The maximum atomic E-state index is 13.1. The number of rotatable bonds is 75. The van der Waals surface area contributed by atoms with E-state index in [1.165, 1.54) is 205 Å². The molecule has 0 bridgehead atoms. The molecule has 0 heterocycles. The summed E-state index contributed by atoms with van der Waals surface area (Å²) in [6.07, 6.45) is 54.0. The zero-order valence-corrected chi connectivity index (χ0v) is 64.6. The minimum absolute atomic E-state index is 0.106. The number of esters is 4. The Bertz CT molecular complexity index is 1870. The van der Waals surface area contributed by atoms with Gasteiger partial charge in [0.15, 0.2) is 12.2 Å². The first-order chi connectivity index (χ1) is 46.2. The van der Waals surface area contributed by atoms with Crippen LogP contribution in [-0.4, -0.2) is 96.7 Å². The molecule has 3 N–H and O–H groups in total. The quantitative estimate of drug-likeness (QED) is 0.0222. The maximum Gasteiger partial charge on any atom is 0.472 e. The Morgan fingerprint density at radius 1 is 0.281 bits per heavy atom. The van der Waals surface area contributed by atoms with Gasteiger partial charge in [0, 0.05) is 25.7 Å². The van der Waals surface area contributed by atoms with Crippen molar-refractivity contribution in [2.45, 2.75) is 414 Å². The Balaban J connectivity index is 5.25. The fourth-order valence-electron chi connectivity index (χ4n) is 11.8. The predicted molar refractivity (Wildman–Crippen MR) is 391 cm³/mol. The molecule has 5 atom stereocenters. The number of hydrogen-bond acceptors (Lipinski definition) is 15. The number of phosphoric acid groups is 2. The van der Waals surface area contributed by atoms with Gasteiger partial charge in [0.2, 0.25) is 0 Å². The number of hydrogen-bond donors (Lipinski definition) is 3. The first kappa shape index (κ1) is 94.1. The van der Waals surface area contributed by atoms with E-state index in [-0.39, 0.29) is 25.7 Å². The fourth-order valence-corrected chi connectivity index (χ4v) is 13.4. The molecule has 0 aromatic rings. The highest BCUT2D eigenvalue weighted by Crippen LogP contribution is 2.45. The lowest BCUT2D eigenvalue weighted by atomic mass is 10.0. The molecule has 570 valence electrons. The van der Waals surface area contributed by atoms with Crippen LogP contribution in [0, 0.1) is 17.8 Å². The van der Waals surface area contributed by atoms with Gasteiger partial charge in [-0.1, -0.05) is 344 Å². The Labute approximate surface area is 588 Å². The molecule has 0 radical (unpaired) electrons. The highest BCUT2D eigenvalue weighted by Gasteiger charge is 2.30. The molecule has 0 aromatic carbocycles. The lowest BCUT2D eigenvalue weighted by Gasteiger charge is -2.21. The number of carbonyl (C=O) groups is 4. The summed E-state index contributed by atoms with van der Waals surface area (Å²) in [7, 11) is -9.91. The summed E-state index contributed by atoms with van der Waals surface area (Å²) in [4.78, 5) is 72.9. The summed E-state index contributed by atoms with van der Waals surface area (Å²) >= 11 is 0. The third-order valence-corrected chi connectivity index (χ3v) is 19.8. The third kappa shape index (κ3) is 70.5. The van der Waals surface area contributed by atoms with Gasteiger partial charge >= 0.3 is 39.5 Å². The smallest absolute Gasteiger partial charge is 0.462 e. The van der Waals surface area contributed by atoms with Crippen molar-refractivity contribution in [3.8, 4) is 0 Å². The van der Waals surface area contributed by atoms with E-state index in [2.05, 4.69) is 48.5 Å². The van der Waals surface area contributed by atoms with Crippen molar-refractivity contribution in [1.29, 1.82) is 0 Å². The van der Waals surface area contributed by atoms with Crippen molar-refractivity contribution < 1.29 is 80.2 Å². The van der Waals surface area contributed by atoms with Gasteiger partial charge < -0.3 is 33.8 Å². The summed E-state index contributed by atoms with van der Waals surface area (Å²) in [5, 5.41) is 10.6. The lowest BCUT2D eigenvalue weighted by molar-refractivity contribution is -0.161. The summed E-state index contributed by atoms with van der Waals surface area (Å²) in [6, 6.07) is 0. The molecular weight excluding hydrogens is 1260 g/mol. The molecule has 0 amide bonds. The molecule has 0 aromatic heterocycles. The molecule has 0 aliphatic rings. The molecule has 17 nitrogen and oxygen atoms in total. The van der Waals surface area contributed by atoms with Crippen LogP contribution in [-0.2, 0) is 65.4 Å². The van der Waals surface area contributed by atoms with Crippen LogP contribution in [0.15, 0.2) is 0 Å². The minimum Gasteiger partial charge on any atom is -0.462 e. The van der Waals surface area contributed by atoms with E-state index < -0.39 is 97.5 Å². The zero-order valence-electron chi connectivity index (χ0n) is 62.8. The Hall–Kier alpha value is -1.94. The van der Waals surface area contributed by atoms with Crippen LogP contribution in [0.3, 0.4) is 0 Å². The standard InChI is InChI=1S/C77H150O17P2/c1-8-9-10-11-12-13-30-37-44-51-58-74(79)87-64-72(94-77(82)61-54-47-40-33-26-20-23-29-36-43-50-57-70(6)7)66-91-95(83,84)89-62-71(78)63-90-96(85,86)92-67-73(65-88-75(80)59-52-45-38-31-24-19-18-22-28-35-42-49-56-69(4)5)93-76(81)60-53-46-39-32-25-17-15-14-16-21-27-34-41-48-55-68(2)3/h68-73,78H,8-67H2,1-7H3,(H,83,84)(H,85,86)/t71-,72+,73+/m0/s1. The second-order valence-corrected chi connectivity index (χ2v) is 32.1. The molecule has 0 aliphatic heterocycles. The Morgan fingerprint density at radius 3 is 0.708 bits per heavy atom. The van der Waals surface area contributed by atoms with Crippen LogP contribution in [0.1, 0.15) is 395 Å². The van der Waals surface area contributed by atoms with Gasteiger partial charge in [-0.3, -0.25) is 37.3 Å². The molecule has 2 unspecified atom stereocenters. The van der Waals surface area contributed by atoms with Crippen molar-refractivity contribution >= 4 is 39.5 Å². The molecule has 0 saturated carbocycles. The normalized spacial score (nSPS) is 14.1. The van der Waals surface area contributed by atoms with Gasteiger partial charge in [-0.2, -0.15) is 0 Å². The minimum atomic E-state index is -4.96. The average molecular weight is 1410 g/mol. The van der Waals surface area contributed by atoms with Gasteiger partial charge in [-0.15, -0.1) is 0 Å². The molecule has 0 rings (SSSR count). The van der Waals surface area contributed by atoms with Crippen molar-refractivity contribution in [1.82, 2.24) is 0 Å². The molecule has 19 heteroatoms. The van der Waals surface area contributed by atoms with Crippen LogP contribution < -0.4 is 0 Å². The molecule has 0 aliphatic carbocycles. The largest absolute Gasteiger partial charge is 0.472 e. The van der Waals surface area contributed by atoms with Gasteiger partial charge in [0.05, 0.1) is 26.4 Å². The van der Waals surface area contributed by atoms with Crippen LogP contribution in [0.25, 0.3) is 0 Å². The summed E-state index contributed by atoms with van der Waals surface area (Å²) < 4.78 is 68.6. The Kier molecular flexibility index (Phi) is 66.2. The van der Waals surface area contributed by atoms with Gasteiger partial charge in [0.25, 0.3) is 0 Å². The van der Waals surface area contributed by atoms with Gasteiger partial charge in [-0.25, -0.2) is 9.13 Å². The summed E-state index contributed by atoms with van der Waals surface area (Å²) in [5.41, 5.74) is 0. The Morgan fingerprint density at radius 2 is 0.479 bits per heavy atom. The van der Waals surface area contributed by atoms with Gasteiger partial charge in [-0.05, 0) is 43.4 Å². The topological polar surface area (TPSA) is 237 Å². The highest BCUT2D eigenvalue weighted by molar-refractivity contribution is 7.47. The zero-order chi connectivity index (χ0) is 70.9. The second kappa shape index (κ2) is 67.5. The van der Waals surface area contributed by atoms with Crippen molar-refractivity contribution in [3.05, 3.63) is 0 Å². The van der Waals surface area contributed by atoms with E-state index in [0.717, 1.165) is 108 Å². The van der Waals surface area contributed by atoms with Crippen LogP contribution >= 0.6 is 15.6 Å². The van der Waals surface area contributed by atoms with E-state index in [9.17, 15) is 43.2 Å².